The Labute approximate surface area is 128 Å². The number of rotatable bonds is 5. The fourth-order valence-electron chi connectivity index (χ4n) is 1.73. The molecule has 0 aliphatic rings. The highest BCUT2D eigenvalue weighted by atomic mass is 19.3. The van der Waals surface area contributed by atoms with Crippen molar-refractivity contribution in [1.29, 1.82) is 0 Å². The maximum atomic E-state index is 12.6. The van der Waals surface area contributed by atoms with E-state index in [1.807, 2.05) is 0 Å². The number of hydrogen-bond donors (Lipinski definition) is 2. The molecular weight excluding hydrogens is 294 g/mol. The van der Waals surface area contributed by atoms with E-state index in [-0.39, 0.29) is 6.42 Å². The Morgan fingerprint density at radius 2 is 2.00 bits per heavy atom. The van der Waals surface area contributed by atoms with Crippen molar-refractivity contribution in [3.8, 4) is 5.75 Å². The van der Waals surface area contributed by atoms with Crippen molar-refractivity contribution in [2.24, 2.45) is 5.73 Å². The number of carbonyl (C=O) groups is 1. The predicted octanol–water partition coefficient (Wildman–Crippen LogP) is 3.18. The number of benzene rings is 1. The molecule has 7 heteroatoms. The first-order valence-corrected chi connectivity index (χ1v) is 6.83. The van der Waals surface area contributed by atoms with Gasteiger partial charge in [-0.05, 0) is 38.8 Å². The fourth-order valence-corrected chi connectivity index (χ4v) is 1.73. The molecule has 5 nitrogen and oxygen atoms in total. The number of alkyl halides is 2. The van der Waals surface area contributed by atoms with Crippen LogP contribution in [0.3, 0.4) is 0 Å². The molecule has 0 aliphatic carbocycles. The van der Waals surface area contributed by atoms with Gasteiger partial charge in [-0.3, -0.25) is 5.32 Å². The van der Waals surface area contributed by atoms with Gasteiger partial charge in [0.05, 0.1) is 18.8 Å². The third kappa shape index (κ3) is 5.85. The van der Waals surface area contributed by atoms with Crippen LogP contribution in [-0.2, 0) is 11.2 Å². The van der Waals surface area contributed by atoms with Gasteiger partial charge < -0.3 is 15.2 Å². The summed E-state index contributed by atoms with van der Waals surface area (Å²) in [6.45, 7) is 5.18. The summed E-state index contributed by atoms with van der Waals surface area (Å²) in [5.74, 6) is 0.487. The van der Waals surface area contributed by atoms with E-state index in [2.05, 4.69) is 5.32 Å². The lowest BCUT2D eigenvalue weighted by Gasteiger charge is -2.21. The Kier molecular flexibility index (Phi) is 6.11. The smallest absolute Gasteiger partial charge is 0.412 e. The van der Waals surface area contributed by atoms with Gasteiger partial charge in [-0.2, -0.15) is 0 Å². The average Bonchev–Trinajstić information content (AvgIpc) is 2.38. The first kappa shape index (κ1) is 18.2. The molecule has 1 rings (SSSR count). The van der Waals surface area contributed by atoms with Crippen LogP contribution in [0.15, 0.2) is 18.2 Å². The summed E-state index contributed by atoms with van der Waals surface area (Å²) >= 11 is 0. The topological polar surface area (TPSA) is 73.6 Å². The lowest BCUT2D eigenvalue weighted by Crippen LogP contribution is -2.32. The Morgan fingerprint density at radius 3 is 2.50 bits per heavy atom. The van der Waals surface area contributed by atoms with E-state index in [1.165, 1.54) is 13.2 Å². The van der Waals surface area contributed by atoms with E-state index in [9.17, 15) is 13.6 Å². The number of nitrogens with two attached hydrogens (primary N) is 1. The summed E-state index contributed by atoms with van der Waals surface area (Å²) in [6, 6.07) is 3.44. The average molecular weight is 316 g/mol. The summed E-state index contributed by atoms with van der Waals surface area (Å²) < 4.78 is 35.5. The number of methoxy groups -OCH3 is 1. The molecule has 0 aliphatic heterocycles. The maximum Gasteiger partial charge on any atom is 0.412 e. The molecule has 1 aromatic carbocycles. The molecule has 1 atom stereocenters. The number of amides is 1. The molecular formula is C15H22F2N2O3. The van der Waals surface area contributed by atoms with Crippen LogP contribution < -0.4 is 15.8 Å². The van der Waals surface area contributed by atoms with Gasteiger partial charge in [-0.1, -0.05) is 6.07 Å². The van der Waals surface area contributed by atoms with Crippen LogP contribution in [0.5, 0.6) is 5.75 Å². The summed E-state index contributed by atoms with van der Waals surface area (Å²) in [5.41, 5.74) is 5.55. The van der Waals surface area contributed by atoms with Crippen molar-refractivity contribution in [2.45, 2.75) is 45.3 Å². The van der Waals surface area contributed by atoms with Gasteiger partial charge in [0.15, 0.2) is 0 Å². The Hall–Kier alpha value is -1.89. The van der Waals surface area contributed by atoms with Crippen molar-refractivity contribution in [1.82, 2.24) is 0 Å². The second kappa shape index (κ2) is 7.40. The largest absolute Gasteiger partial charge is 0.497 e. The lowest BCUT2D eigenvalue weighted by atomic mass is 10.0. The molecule has 0 saturated carbocycles. The molecule has 0 radical (unpaired) electrons. The van der Waals surface area contributed by atoms with Crippen LogP contribution in [0.4, 0.5) is 19.3 Å². The number of anilines is 1. The van der Waals surface area contributed by atoms with Gasteiger partial charge in [0.25, 0.3) is 6.43 Å². The van der Waals surface area contributed by atoms with Crippen LogP contribution in [-0.4, -0.2) is 31.3 Å². The third-order valence-electron chi connectivity index (χ3n) is 2.73. The van der Waals surface area contributed by atoms with E-state index in [0.717, 1.165) is 0 Å². The van der Waals surface area contributed by atoms with Crippen molar-refractivity contribution in [3.05, 3.63) is 23.8 Å². The molecule has 124 valence electrons. The second-order valence-electron chi connectivity index (χ2n) is 5.85. The standard InChI is InChI=1S/C15H22F2N2O3/c1-15(2,3)22-14(20)19-12-8-10(21-4)6-5-9(12)7-11(18)13(16)17/h5-6,8,11,13H,7,18H2,1-4H3,(H,19,20). The third-order valence-corrected chi connectivity index (χ3v) is 2.73. The van der Waals surface area contributed by atoms with Gasteiger partial charge in [0, 0.05) is 6.07 Å². The van der Waals surface area contributed by atoms with E-state index in [4.69, 9.17) is 15.2 Å². The normalized spacial score (nSPS) is 12.9. The molecule has 1 unspecified atom stereocenters. The first-order chi connectivity index (χ1) is 10.1. The fraction of sp³-hybridized carbons (Fsp3) is 0.533. The van der Waals surface area contributed by atoms with E-state index >= 15 is 0 Å². The molecule has 3 N–H and O–H groups in total. The summed E-state index contributed by atoms with van der Waals surface area (Å²) in [5, 5.41) is 2.54. The van der Waals surface area contributed by atoms with Crippen molar-refractivity contribution in [2.75, 3.05) is 12.4 Å². The van der Waals surface area contributed by atoms with Crippen molar-refractivity contribution < 1.29 is 23.0 Å². The number of carbonyl (C=O) groups excluding carboxylic acids is 1. The first-order valence-electron chi connectivity index (χ1n) is 6.83. The summed E-state index contributed by atoms with van der Waals surface area (Å²) in [7, 11) is 1.47. The Morgan fingerprint density at radius 1 is 1.36 bits per heavy atom. The lowest BCUT2D eigenvalue weighted by molar-refractivity contribution is 0.0635. The zero-order chi connectivity index (χ0) is 16.9. The number of halogens is 2. The monoisotopic (exact) mass is 316 g/mol. The molecule has 0 spiro atoms. The molecule has 0 aromatic heterocycles. The number of hydrogen-bond acceptors (Lipinski definition) is 4. The summed E-state index contributed by atoms with van der Waals surface area (Å²) in [6.07, 6.45) is -3.39. The number of ether oxygens (including phenoxy) is 2. The Bertz CT molecular complexity index is 516. The minimum atomic E-state index is -2.64. The van der Waals surface area contributed by atoms with Crippen LogP contribution in [0.25, 0.3) is 0 Å². The molecule has 22 heavy (non-hydrogen) atoms. The van der Waals surface area contributed by atoms with Crippen molar-refractivity contribution >= 4 is 11.8 Å². The minimum absolute atomic E-state index is 0.0766. The molecule has 1 aromatic rings. The van der Waals surface area contributed by atoms with Crippen LogP contribution in [0.2, 0.25) is 0 Å². The molecule has 0 fully saturated rings. The zero-order valence-electron chi connectivity index (χ0n) is 13.2. The molecule has 0 bridgehead atoms. The highest BCUT2D eigenvalue weighted by molar-refractivity contribution is 5.86. The van der Waals surface area contributed by atoms with Gasteiger partial charge >= 0.3 is 6.09 Å². The van der Waals surface area contributed by atoms with Crippen LogP contribution in [0, 0.1) is 0 Å². The minimum Gasteiger partial charge on any atom is -0.497 e. The van der Waals surface area contributed by atoms with Crippen LogP contribution in [0.1, 0.15) is 26.3 Å². The maximum absolute atomic E-state index is 12.6. The van der Waals surface area contributed by atoms with Gasteiger partial charge in [-0.25, -0.2) is 13.6 Å². The molecule has 0 saturated heterocycles. The SMILES string of the molecule is COc1ccc(CC(N)C(F)F)c(NC(=O)OC(C)(C)C)c1. The highest BCUT2D eigenvalue weighted by Crippen LogP contribution is 2.25. The van der Waals surface area contributed by atoms with Gasteiger partial charge in [0.1, 0.15) is 11.4 Å². The highest BCUT2D eigenvalue weighted by Gasteiger charge is 2.20. The quantitative estimate of drug-likeness (QED) is 0.875. The van der Waals surface area contributed by atoms with Crippen molar-refractivity contribution in [3.63, 3.8) is 0 Å². The van der Waals surface area contributed by atoms with Gasteiger partial charge in [-0.15, -0.1) is 0 Å². The predicted molar refractivity (Wildman–Crippen MR) is 80.5 cm³/mol. The Balaban J connectivity index is 2.96. The second-order valence-corrected chi connectivity index (χ2v) is 5.85. The summed E-state index contributed by atoms with van der Waals surface area (Å²) in [4.78, 5) is 11.8. The van der Waals surface area contributed by atoms with E-state index in [1.54, 1.807) is 32.9 Å². The molecule has 1 amide bonds. The zero-order valence-corrected chi connectivity index (χ0v) is 13.2. The van der Waals surface area contributed by atoms with E-state index < -0.39 is 24.2 Å². The number of nitrogens with one attached hydrogen (secondary N) is 1. The van der Waals surface area contributed by atoms with Gasteiger partial charge in [0.2, 0.25) is 0 Å². The van der Waals surface area contributed by atoms with E-state index in [0.29, 0.717) is 17.0 Å². The van der Waals surface area contributed by atoms with Crippen LogP contribution >= 0.6 is 0 Å². The molecule has 0 heterocycles.